The van der Waals surface area contributed by atoms with E-state index >= 15 is 0 Å². The Hall–Kier alpha value is -4.04. The van der Waals surface area contributed by atoms with Gasteiger partial charge in [-0.3, -0.25) is 10.1 Å². The van der Waals surface area contributed by atoms with Gasteiger partial charge in [-0.25, -0.2) is 0 Å². The van der Waals surface area contributed by atoms with E-state index in [4.69, 9.17) is 14.2 Å². The van der Waals surface area contributed by atoms with E-state index in [1.54, 1.807) is 26.4 Å². The molecule has 0 unspecified atom stereocenters. The normalized spacial score (nSPS) is 15.1. The lowest BCUT2D eigenvalue weighted by Gasteiger charge is -2.25. The number of aromatic nitrogens is 1. The van der Waals surface area contributed by atoms with Crippen molar-refractivity contribution in [1.82, 2.24) is 10.3 Å². The summed E-state index contributed by atoms with van der Waals surface area (Å²) in [7, 11) is 3.31. The average molecular weight is 460 g/mol. The van der Waals surface area contributed by atoms with E-state index in [1.165, 1.54) is 23.1 Å². The summed E-state index contributed by atoms with van der Waals surface area (Å²) in [5.74, 6) is 2.13. The summed E-state index contributed by atoms with van der Waals surface area (Å²) in [6, 6.07) is 18.3. The van der Waals surface area contributed by atoms with Crippen LogP contribution in [0.1, 0.15) is 28.4 Å². The van der Waals surface area contributed by atoms with E-state index < -0.39 is 4.92 Å². The molecule has 1 atom stereocenters. The second-order valence-electron chi connectivity index (χ2n) is 8.18. The third-order valence-electron chi connectivity index (χ3n) is 6.24. The zero-order valence-electron chi connectivity index (χ0n) is 19.0. The maximum atomic E-state index is 10.9. The molecule has 0 bridgehead atoms. The van der Waals surface area contributed by atoms with Gasteiger partial charge >= 0.3 is 0 Å². The number of nitrogens with one attached hydrogen (secondary N) is 2. The van der Waals surface area contributed by atoms with Crippen LogP contribution in [0.15, 0.2) is 60.7 Å². The van der Waals surface area contributed by atoms with Crippen LogP contribution in [0.3, 0.4) is 0 Å². The highest BCUT2D eigenvalue weighted by atomic mass is 16.6. The summed E-state index contributed by atoms with van der Waals surface area (Å²) in [6.07, 6.45) is 0.936. The molecule has 3 aromatic carbocycles. The quantitative estimate of drug-likeness (QED) is 0.301. The molecule has 2 heterocycles. The topological polar surface area (TPSA) is 98.7 Å². The van der Waals surface area contributed by atoms with Crippen LogP contribution in [0.2, 0.25) is 0 Å². The smallest absolute Gasteiger partial charge is 0.269 e. The average Bonchev–Trinajstić information content (AvgIpc) is 3.25. The first kappa shape index (κ1) is 21.8. The van der Waals surface area contributed by atoms with Crippen LogP contribution in [0.25, 0.3) is 10.9 Å². The fourth-order valence-corrected chi connectivity index (χ4v) is 4.53. The molecule has 0 fully saturated rings. The number of methoxy groups -OCH3 is 2. The Morgan fingerprint density at radius 1 is 1.00 bits per heavy atom. The molecule has 174 valence electrons. The van der Waals surface area contributed by atoms with Gasteiger partial charge in [-0.2, -0.15) is 0 Å². The van der Waals surface area contributed by atoms with Gasteiger partial charge in [0.25, 0.3) is 5.69 Å². The molecule has 1 aliphatic heterocycles. The van der Waals surface area contributed by atoms with Crippen molar-refractivity contribution in [3.05, 3.63) is 93.2 Å². The third-order valence-corrected chi connectivity index (χ3v) is 6.24. The van der Waals surface area contributed by atoms with E-state index in [0.29, 0.717) is 5.75 Å². The van der Waals surface area contributed by atoms with Gasteiger partial charge in [0.1, 0.15) is 23.9 Å². The molecule has 34 heavy (non-hydrogen) atoms. The highest BCUT2D eigenvalue weighted by Crippen LogP contribution is 2.36. The molecule has 0 aliphatic carbocycles. The lowest BCUT2D eigenvalue weighted by atomic mass is 9.93. The van der Waals surface area contributed by atoms with Crippen LogP contribution in [0.5, 0.6) is 17.2 Å². The van der Waals surface area contributed by atoms with Crippen LogP contribution in [-0.2, 0) is 13.0 Å². The molecule has 2 N–H and O–H groups in total. The van der Waals surface area contributed by atoms with Gasteiger partial charge in [0.2, 0.25) is 0 Å². The van der Waals surface area contributed by atoms with Crippen molar-refractivity contribution in [3.63, 3.8) is 0 Å². The highest BCUT2D eigenvalue weighted by Gasteiger charge is 2.26. The molecule has 1 aliphatic rings. The molecule has 0 saturated carbocycles. The van der Waals surface area contributed by atoms with Crippen LogP contribution in [-0.4, -0.2) is 30.7 Å². The number of ether oxygens (including phenoxy) is 3. The largest absolute Gasteiger partial charge is 0.497 e. The van der Waals surface area contributed by atoms with Gasteiger partial charge in [0, 0.05) is 40.8 Å². The molecule has 1 aromatic heterocycles. The lowest BCUT2D eigenvalue weighted by Crippen LogP contribution is -2.30. The molecule has 0 radical (unpaired) electrons. The Morgan fingerprint density at radius 2 is 1.79 bits per heavy atom. The number of fused-ring (bicyclic) bond motifs is 3. The van der Waals surface area contributed by atoms with Crippen LogP contribution < -0.4 is 19.5 Å². The molecule has 5 rings (SSSR count). The first-order valence-corrected chi connectivity index (χ1v) is 11.0. The molecular weight excluding hydrogens is 434 g/mol. The van der Waals surface area contributed by atoms with Crippen LogP contribution >= 0.6 is 0 Å². The predicted molar refractivity (Wildman–Crippen MR) is 129 cm³/mol. The van der Waals surface area contributed by atoms with E-state index in [9.17, 15) is 10.1 Å². The highest BCUT2D eigenvalue weighted by molar-refractivity contribution is 5.86. The number of hydrogen-bond donors (Lipinski definition) is 2. The summed E-state index contributed by atoms with van der Waals surface area (Å²) in [5, 5.41) is 15.7. The fourth-order valence-electron chi connectivity index (χ4n) is 4.53. The predicted octanol–water partition coefficient (Wildman–Crippen LogP) is 4.91. The van der Waals surface area contributed by atoms with Crippen molar-refractivity contribution in [1.29, 1.82) is 0 Å². The first-order chi connectivity index (χ1) is 16.6. The maximum Gasteiger partial charge on any atom is 0.269 e. The maximum absolute atomic E-state index is 10.9. The van der Waals surface area contributed by atoms with Gasteiger partial charge in [-0.1, -0.05) is 6.07 Å². The standard InChI is InChI=1S/C26H25N3O5/c1-32-20-8-9-23-22(14-20)21-11-12-27-25(26(21)28-23)16-3-10-24(33-2)17(13-16)15-34-19-6-4-18(5-7-19)29(30)31/h3-10,13-14,25,27-28H,11-12,15H2,1-2H3/t25-/m1/s1. The molecule has 0 amide bonds. The summed E-state index contributed by atoms with van der Waals surface area (Å²) in [5.41, 5.74) is 5.57. The number of nitro benzene ring substituents is 1. The molecule has 0 spiro atoms. The van der Waals surface area contributed by atoms with Gasteiger partial charge in [0.15, 0.2) is 0 Å². The Balaban J connectivity index is 1.44. The minimum absolute atomic E-state index is 0.00572. The summed E-state index contributed by atoms with van der Waals surface area (Å²) < 4.78 is 16.9. The molecule has 4 aromatic rings. The zero-order valence-corrected chi connectivity index (χ0v) is 19.0. The summed E-state index contributed by atoms with van der Waals surface area (Å²) >= 11 is 0. The minimum atomic E-state index is -0.429. The monoisotopic (exact) mass is 459 g/mol. The second-order valence-corrected chi connectivity index (χ2v) is 8.18. The van der Waals surface area contributed by atoms with Crippen LogP contribution in [0.4, 0.5) is 5.69 Å². The van der Waals surface area contributed by atoms with E-state index in [0.717, 1.165) is 46.8 Å². The van der Waals surface area contributed by atoms with Gasteiger partial charge in [-0.05, 0) is 60.0 Å². The number of hydrogen-bond acceptors (Lipinski definition) is 6. The van der Waals surface area contributed by atoms with Gasteiger partial charge < -0.3 is 24.5 Å². The Kier molecular flexibility index (Phi) is 5.81. The Bertz CT molecular complexity index is 1350. The molecule has 8 heteroatoms. The fraction of sp³-hybridized carbons (Fsp3) is 0.231. The number of nitro groups is 1. The minimum Gasteiger partial charge on any atom is -0.497 e. The zero-order chi connectivity index (χ0) is 23.7. The van der Waals surface area contributed by atoms with Gasteiger partial charge in [-0.15, -0.1) is 0 Å². The number of rotatable bonds is 7. The Labute approximate surface area is 196 Å². The number of aromatic amines is 1. The van der Waals surface area contributed by atoms with Crippen molar-refractivity contribution >= 4 is 16.6 Å². The molecule has 8 nitrogen and oxygen atoms in total. The molecule has 0 saturated heterocycles. The van der Waals surface area contributed by atoms with E-state index in [1.807, 2.05) is 12.1 Å². The summed E-state index contributed by atoms with van der Waals surface area (Å²) in [6.45, 7) is 1.14. The second kappa shape index (κ2) is 9.07. The van der Waals surface area contributed by atoms with Crippen molar-refractivity contribution in [3.8, 4) is 17.2 Å². The lowest BCUT2D eigenvalue weighted by molar-refractivity contribution is -0.384. The number of H-pyrrole nitrogens is 1. The van der Waals surface area contributed by atoms with E-state index in [2.05, 4.69) is 34.6 Å². The SMILES string of the molecule is COc1ccc2[nH]c3c(c2c1)CCN[C@@H]3c1ccc(OC)c(COc2ccc([N+](=O)[O-])cc2)c1. The Morgan fingerprint density at radius 3 is 2.53 bits per heavy atom. The van der Waals surface area contributed by atoms with Crippen LogP contribution in [0, 0.1) is 10.1 Å². The number of non-ortho nitro benzene ring substituents is 1. The number of benzene rings is 3. The third kappa shape index (κ3) is 4.04. The number of nitrogens with zero attached hydrogens (tertiary/aromatic N) is 1. The van der Waals surface area contributed by atoms with E-state index in [-0.39, 0.29) is 18.3 Å². The van der Waals surface area contributed by atoms with Crippen molar-refractivity contribution in [2.75, 3.05) is 20.8 Å². The van der Waals surface area contributed by atoms with Crippen molar-refractivity contribution in [2.45, 2.75) is 19.1 Å². The molecular formula is C26H25N3O5. The van der Waals surface area contributed by atoms with Crippen molar-refractivity contribution < 1.29 is 19.1 Å². The van der Waals surface area contributed by atoms with Crippen molar-refractivity contribution in [2.24, 2.45) is 0 Å². The van der Waals surface area contributed by atoms with Gasteiger partial charge in [0.05, 0.1) is 25.2 Å². The summed E-state index contributed by atoms with van der Waals surface area (Å²) in [4.78, 5) is 14.0. The first-order valence-electron chi connectivity index (χ1n) is 11.0.